The molecule has 2 aromatic rings. The van der Waals surface area contributed by atoms with Crippen LogP contribution in [0.5, 0.6) is 0 Å². The van der Waals surface area contributed by atoms with Crippen LogP contribution in [0.4, 0.5) is 0 Å². The molecule has 1 unspecified atom stereocenters. The van der Waals surface area contributed by atoms with E-state index in [0.29, 0.717) is 10.6 Å². The predicted molar refractivity (Wildman–Crippen MR) is 72.3 cm³/mol. The summed E-state index contributed by atoms with van der Waals surface area (Å²) in [5, 5.41) is 13.5. The summed E-state index contributed by atoms with van der Waals surface area (Å²) in [7, 11) is 1.77. The van der Waals surface area contributed by atoms with Crippen molar-refractivity contribution in [2.24, 2.45) is 7.05 Å². The molecule has 2 aromatic heterocycles. The number of carbonyl (C=O) groups excluding carboxylic acids is 1. The fourth-order valence-electron chi connectivity index (χ4n) is 1.76. The lowest BCUT2D eigenvalue weighted by atomic mass is 10.2. The number of rotatable bonds is 4. The molecule has 0 saturated carbocycles. The van der Waals surface area contributed by atoms with Crippen LogP contribution in [-0.2, 0) is 11.8 Å². The molecule has 0 saturated heterocycles. The Morgan fingerprint density at radius 1 is 1.37 bits per heavy atom. The molecule has 1 amide bonds. The van der Waals surface area contributed by atoms with Gasteiger partial charge in [0.15, 0.2) is 6.04 Å². The van der Waals surface area contributed by atoms with E-state index in [4.69, 9.17) is 0 Å². The molecule has 0 aliphatic rings. The number of carboxylic acid groups (broad SMARTS) is 1. The average molecular weight is 278 g/mol. The lowest BCUT2D eigenvalue weighted by Crippen LogP contribution is -2.34. The summed E-state index contributed by atoms with van der Waals surface area (Å²) in [5.41, 5.74) is 1.38. The van der Waals surface area contributed by atoms with Gasteiger partial charge in [0.2, 0.25) is 0 Å². The number of carboxylic acids is 1. The van der Waals surface area contributed by atoms with E-state index in [2.05, 4.69) is 5.32 Å². The first kappa shape index (κ1) is 13.4. The normalized spacial score (nSPS) is 12.1. The fourth-order valence-corrected chi connectivity index (χ4v) is 2.52. The van der Waals surface area contributed by atoms with Gasteiger partial charge in [-0.2, -0.15) is 0 Å². The molecule has 100 valence electrons. The molecule has 0 aliphatic carbocycles. The Labute approximate surface area is 114 Å². The van der Waals surface area contributed by atoms with Gasteiger partial charge in [-0.15, -0.1) is 11.3 Å². The van der Waals surface area contributed by atoms with Crippen molar-refractivity contribution in [1.82, 2.24) is 9.88 Å². The summed E-state index contributed by atoms with van der Waals surface area (Å²) in [6.45, 7) is 1.88. The molecule has 0 spiro atoms. The molecule has 2 heterocycles. The van der Waals surface area contributed by atoms with Crippen molar-refractivity contribution < 1.29 is 14.7 Å². The molecule has 6 heteroatoms. The highest BCUT2D eigenvalue weighted by Gasteiger charge is 2.24. The number of aryl methyl sites for hydroxylation is 1. The molecular formula is C13H14N2O3S. The summed E-state index contributed by atoms with van der Waals surface area (Å²) in [6, 6.07) is 5.94. The van der Waals surface area contributed by atoms with Gasteiger partial charge in [-0.1, -0.05) is 6.07 Å². The van der Waals surface area contributed by atoms with Crippen molar-refractivity contribution >= 4 is 23.2 Å². The van der Waals surface area contributed by atoms with E-state index in [9.17, 15) is 14.7 Å². The van der Waals surface area contributed by atoms with Crippen LogP contribution in [0.25, 0.3) is 0 Å². The SMILES string of the molecule is Cc1ccc(C(=O)NC(C(=O)O)c2cccs2)n1C. The quantitative estimate of drug-likeness (QED) is 0.898. The maximum Gasteiger partial charge on any atom is 0.331 e. The Balaban J connectivity index is 2.21. The maximum absolute atomic E-state index is 12.1. The highest BCUT2D eigenvalue weighted by atomic mass is 32.1. The number of aliphatic carboxylic acids is 1. The van der Waals surface area contributed by atoms with Gasteiger partial charge in [0, 0.05) is 17.6 Å². The third-order valence-electron chi connectivity index (χ3n) is 2.96. The zero-order valence-corrected chi connectivity index (χ0v) is 11.4. The van der Waals surface area contributed by atoms with Crippen molar-refractivity contribution in [3.63, 3.8) is 0 Å². The van der Waals surface area contributed by atoms with Crippen molar-refractivity contribution in [3.05, 3.63) is 45.9 Å². The van der Waals surface area contributed by atoms with Gasteiger partial charge in [-0.3, -0.25) is 4.79 Å². The van der Waals surface area contributed by atoms with Gasteiger partial charge in [-0.05, 0) is 30.5 Å². The van der Waals surface area contributed by atoms with Crippen LogP contribution in [0.3, 0.4) is 0 Å². The summed E-state index contributed by atoms with van der Waals surface area (Å²) in [6.07, 6.45) is 0. The van der Waals surface area contributed by atoms with Crippen LogP contribution in [0.2, 0.25) is 0 Å². The van der Waals surface area contributed by atoms with Crippen molar-refractivity contribution in [2.45, 2.75) is 13.0 Å². The van der Waals surface area contributed by atoms with Gasteiger partial charge < -0.3 is 15.0 Å². The molecule has 5 nitrogen and oxygen atoms in total. The van der Waals surface area contributed by atoms with Crippen molar-refractivity contribution in [2.75, 3.05) is 0 Å². The smallest absolute Gasteiger partial charge is 0.331 e. The third-order valence-corrected chi connectivity index (χ3v) is 3.89. The summed E-state index contributed by atoms with van der Waals surface area (Å²) in [5.74, 6) is -1.46. The molecule has 0 aliphatic heterocycles. The topological polar surface area (TPSA) is 71.3 Å². The predicted octanol–water partition coefficient (Wildman–Crippen LogP) is 1.95. The minimum absolute atomic E-state index is 0.392. The first-order chi connectivity index (χ1) is 9.00. The average Bonchev–Trinajstić information content (AvgIpc) is 2.98. The molecule has 19 heavy (non-hydrogen) atoms. The van der Waals surface area contributed by atoms with Crippen LogP contribution in [0.1, 0.15) is 27.1 Å². The highest BCUT2D eigenvalue weighted by molar-refractivity contribution is 7.10. The number of hydrogen-bond donors (Lipinski definition) is 2. The maximum atomic E-state index is 12.1. The summed E-state index contributed by atoms with van der Waals surface area (Å²) in [4.78, 5) is 23.9. The Bertz CT molecular complexity index is 601. The Kier molecular flexibility index (Phi) is 3.71. The molecule has 0 fully saturated rings. The van der Waals surface area contributed by atoms with Gasteiger partial charge in [0.05, 0.1) is 0 Å². The fraction of sp³-hybridized carbons (Fsp3) is 0.231. The van der Waals surface area contributed by atoms with E-state index in [0.717, 1.165) is 5.69 Å². The summed E-state index contributed by atoms with van der Waals surface area (Å²) >= 11 is 1.30. The van der Waals surface area contributed by atoms with Crippen molar-refractivity contribution in [1.29, 1.82) is 0 Å². The Morgan fingerprint density at radius 2 is 2.11 bits per heavy atom. The first-order valence-electron chi connectivity index (χ1n) is 5.70. The number of nitrogens with one attached hydrogen (secondary N) is 1. The monoisotopic (exact) mass is 278 g/mol. The molecule has 1 atom stereocenters. The zero-order chi connectivity index (χ0) is 14.0. The number of carbonyl (C=O) groups is 2. The molecule has 2 rings (SSSR count). The van der Waals surface area contributed by atoms with E-state index in [1.165, 1.54) is 11.3 Å². The van der Waals surface area contributed by atoms with Crippen LogP contribution in [0.15, 0.2) is 29.6 Å². The third kappa shape index (κ3) is 2.68. The lowest BCUT2D eigenvalue weighted by Gasteiger charge is -2.13. The Morgan fingerprint density at radius 3 is 2.58 bits per heavy atom. The van der Waals surface area contributed by atoms with Crippen LogP contribution in [0, 0.1) is 6.92 Å². The number of aromatic nitrogens is 1. The second-order valence-electron chi connectivity index (χ2n) is 4.18. The molecule has 0 radical (unpaired) electrons. The molecule has 2 N–H and O–H groups in total. The van der Waals surface area contributed by atoms with E-state index < -0.39 is 17.9 Å². The largest absolute Gasteiger partial charge is 0.479 e. The lowest BCUT2D eigenvalue weighted by molar-refractivity contribution is -0.139. The minimum atomic E-state index is -1.07. The van der Waals surface area contributed by atoms with E-state index in [-0.39, 0.29) is 0 Å². The second kappa shape index (κ2) is 5.27. The molecule has 0 bridgehead atoms. The summed E-state index contributed by atoms with van der Waals surface area (Å²) < 4.78 is 1.72. The van der Waals surface area contributed by atoms with Crippen LogP contribution < -0.4 is 5.32 Å². The number of amides is 1. The van der Waals surface area contributed by atoms with Gasteiger partial charge in [0.1, 0.15) is 5.69 Å². The standard InChI is InChI=1S/C13H14N2O3S/c1-8-5-6-9(15(8)2)12(16)14-11(13(17)18)10-4-3-7-19-10/h3-7,11H,1-2H3,(H,14,16)(H,17,18). The van der Waals surface area contributed by atoms with Crippen molar-refractivity contribution in [3.8, 4) is 0 Å². The van der Waals surface area contributed by atoms with Gasteiger partial charge in [0.25, 0.3) is 5.91 Å². The van der Waals surface area contributed by atoms with E-state index in [1.807, 2.05) is 13.0 Å². The zero-order valence-electron chi connectivity index (χ0n) is 10.6. The molecule has 0 aromatic carbocycles. The first-order valence-corrected chi connectivity index (χ1v) is 6.58. The number of hydrogen-bond acceptors (Lipinski definition) is 3. The second-order valence-corrected chi connectivity index (χ2v) is 5.16. The van der Waals surface area contributed by atoms with E-state index >= 15 is 0 Å². The van der Waals surface area contributed by atoms with E-state index in [1.54, 1.807) is 35.2 Å². The van der Waals surface area contributed by atoms with Gasteiger partial charge in [-0.25, -0.2) is 4.79 Å². The Hall–Kier alpha value is -2.08. The van der Waals surface area contributed by atoms with Crippen LogP contribution in [-0.4, -0.2) is 21.6 Å². The van der Waals surface area contributed by atoms with Crippen LogP contribution >= 0.6 is 11.3 Å². The molecular weight excluding hydrogens is 264 g/mol. The van der Waals surface area contributed by atoms with Gasteiger partial charge >= 0.3 is 5.97 Å². The highest BCUT2D eigenvalue weighted by Crippen LogP contribution is 2.20. The number of thiophene rings is 1. The number of nitrogens with zero attached hydrogens (tertiary/aromatic N) is 1. The minimum Gasteiger partial charge on any atom is -0.479 e.